The molecule has 7 atom stereocenters. The highest BCUT2D eigenvalue weighted by molar-refractivity contribution is 5.97. The van der Waals surface area contributed by atoms with E-state index in [1.165, 1.54) is 19.8 Å². The highest BCUT2D eigenvalue weighted by atomic mass is 16.4. The van der Waals surface area contributed by atoms with Gasteiger partial charge in [-0.05, 0) is 68.9 Å². The number of rotatable bonds is 26. The third-order valence-corrected chi connectivity index (χ3v) is 13.1. The van der Waals surface area contributed by atoms with Gasteiger partial charge in [-0.25, -0.2) is 19.6 Å². The summed E-state index contributed by atoms with van der Waals surface area (Å²) >= 11 is 0. The monoisotopic (exact) mass is 1060 g/mol. The first-order chi connectivity index (χ1) is 36.4. The number of carboxylic acid groups (broad SMARTS) is 1. The van der Waals surface area contributed by atoms with Crippen molar-refractivity contribution in [2.45, 2.75) is 113 Å². The topological polar surface area (TPSA) is 417 Å². The molecule has 2 aromatic carbocycles. The van der Waals surface area contributed by atoms with Crippen molar-refractivity contribution in [3.8, 4) is 0 Å². The van der Waals surface area contributed by atoms with Crippen molar-refractivity contribution in [2.75, 3.05) is 52.4 Å². The second kappa shape index (κ2) is 29.1. The van der Waals surface area contributed by atoms with Crippen LogP contribution in [0.5, 0.6) is 0 Å². The summed E-state index contributed by atoms with van der Waals surface area (Å²) in [6.45, 7) is -0.260. The van der Waals surface area contributed by atoms with Gasteiger partial charge in [0, 0.05) is 52.1 Å². The summed E-state index contributed by atoms with van der Waals surface area (Å²) in [4.78, 5) is 125. The van der Waals surface area contributed by atoms with Crippen molar-refractivity contribution >= 4 is 65.3 Å². The van der Waals surface area contributed by atoms with Crippen molar-refractivity contribution in [1.29, 1.82) is 10.8 Å². The summed E-state index contributed by atoms with van der Waals surface area (Å²) in [6, 6.07) is 8.09. The summed E-state index contributed by atoms with van der Waals surface area (Å²) < 4.78 is 0. The van der Waals surface area contributed by atoms with Crippen molar-refractivity contribution < 1.29 is 53.4 Å². The molecule has 0 radical (unpaired) electrons. The fourth-order valence-electron chi connectivity index (χ4n) is 9.25. The molecule has 17 N–H and O–H groups in total. The van der Waals surface area contributed by atoms with Crippen LogP contribution in [0.25, 0.3) is 0 Å². The maximum atomic E-state index is 14.1. The minimum atomic E-state index is -1.59. The molecule has 3 aliphatic rings. The number of aliphatic hydroxyl groups is 1. The number of hydrogen-bond acceptors (Lipinski definition) is 13. The quantitative estimate of drug-likeness (QED) is 0.0247. The molecule has 0 aromatic heterocycles. The number of nitrogens with zero attached hydrogens (tertiary/aromatic N) is 4. The number of aliphatic carboxylic acids is 1. The Hall–Kier alpha value is -8.07. The van der Waals surface area contributed by atoms with E-state index in [0.29, 0.717) is 43.4 Å². The first kappa shape index (κ1) is 58.8. The third-order valence-electron chi connectivity index (χ3n) is 13.1. The Kier molecular flexibility index (Phi) is 22.5. The molecule has 0 spiro atoms. The molecule has 3 saturated heterocycles. The summed E-state index contributed by atoms with van der Waals surface area (Å²) in [5.74, 6) is -6.93. The van der Waals surface area contributed by atoms with Crippen molar-refractivity contribution in [1.82, 2.24) is 57.0 Å². The number of nitrogens with two attached hydrogens (primary N) is 3. The van der Waals surface area contributed by atoms with Crippen molar-refractivity contribution in [3.63, 3.8) is 0 Å². The van der Waals surface area contributed by atoms with Gasteiger partial charge in [-0.1, -0.05) is 60.7 Å². The van der Waals surface area contributed by atoms with E-state index in [2.05, 4.69) is 37.2 Å². The van der Waals surface area contributed by atoms with Gasteiger partial charge in [0.15, 0.2) is 11.9 Å². The summed E-state index contributed by atoms with van der Waals surface area (Å²) in [5, 5.41) is 55.6. The molecule has 2 aromatic rings. The predicted octanol–water partition coefficient (Wildman–Crippen LogP) is -3.52. The molecule has 27 nitrogen and oxygen atoms in total. The maximum absolute atomic E-state index is 14.1. The molecule has 5 rings (SSSR count). The van der Waals surface area contributed by atoms with Crippen LogP contribution in [0.3, 0.4) is 0 Å². The molecular weight excluding hydrogens is 989 g/mol. The highest BCUT2D eigenvalue weighted by Gasteiger charge is 2.43. The molecular formula is C49H72N16O11. The van der Waals surface area contributed by atoms with Crippen LogP contribution >= 0.6 is 0 Å². The largest absolute Gasteiger partial charge is 0.480 e. The summed E-state index contributed by atoms with van der Waals surface area (Å²) in [5.41, 5.74) is 18.1. The molecule has 3 aliphatic heterocycles. The highest BCUT2D eigenvalue weighted by Crippen LogP contribution is 2.24. The lowest BCUT2D eigenvalue weighted by atomic mass is 10.0. The van der Waals surface area contributed by atoms with Crippen LogP contribution in [-0.2, 0) is 51.2 Å². The van der Waals surface area contributed by atoms with Gasteiger partial charge in [0.1, 0.15) is 36.3 Å². The normalized spacial score (nSPS) is 18.0. The first-order valence-corrected chi connectivity index (χ1v) is 25.4. The zero-order valence-corrected chi connectivity index (χ0v) is 42.3. The van der Waals surface area contributed by atoms with Gasteiger partial charge in [0.05, 0.1) is 19.2 Å². The summed E-state index contributed by atoms with van der Waals surface area (Å²) in [7, 11) is 0. The number of likely N-dealkylation sites (tertiary alicyclic amines) is 2. The van der Waals surface area contributed by atoms with Crippen LogP contribution in [0.15, 0.2) is 60.7 Å². The zero-order valence-electron chi connectivity index (χ0n) is 42.3. The maximum Gasteiger partial charge on any atom is 0.339 e. The first-order valence-electron chi connectivity index (χ1n) is 25.4. The molecule has 3 heterocycles. The number of hydrogen-bond donors (Lipinski definition) is 14. The lowest BCUT2D eigenvalue weighted by Crippen LogP contribution is -2.60. The van der Waals surface area contributed by atoms with E-state index in [-0.39, 0.29) is 89.6 Å². The summed E-state index contributed by atoms with van der Waals surface area (Å²) in [6.07, 6.45) is 2.57. The van der Waals surface area contributed by atoms with E-state index in [1.807, 2.05) is 0 Å². The minimum absolute atomic E-state index is 0.0191. The van der Waals surface area contributed by atoms with E-state index < -0.39 is 109 Å². The van der Waals surface area contributed by atoms with Gasteiger partial charge in [-0.3, -0.25) is 44.4 Å². The van der Waals surface area contributed by atoms with Gasteiger partial charge < -0.3 is 74.4 Å². The average Bonchev–Trinajstić information content (AvgIpc) is 4.22. The molecule has 27 heteroatoms. The molecule has 3 fully saturated rings. The SMILES string of the molecule is N=C(N)NCCC[C@H](N)C(=O)N1CCCN1C(=O)N1CCC[C@H]1C(=O)NCC(=O)N[C@@H](Cc1ccccc1)C(=O)N[C@@H](CO)C(=O)N1CCC[C@H]1C(=O)N[C@H](Cc1ccccc1)C(=O)N[C@H](CCCNC(=N)N)C(=O)O. The van der Waals surface area contributed by atoms with Gasteiger partial charge in [-0.2, -0.15) is 0 Å². The fraction of sp³-hybridized carbons (Fsp3) is 0.531. The molecule has 0 aliphatic carbocycles. The number of guanidine groups is 2. The standard InChI is InChI=1S/C49H72N16O11/c50-32(16-7-20-55-47(51)52)44(72)64-24-11-25-65(64)49(76)63-23-10-18-37(63)42(70)57-28-39(67)58-34(26-30-12-3-1-4-13-30)40(68)61-36(29-66)45(73)62-22-9-19-38(62)43(71)60-35(27-31-14-5-2-6-15-31)41(69)59-33(46(74)75)17-8-21-56-48(53)54/h1-6,12-15,32-38,66H,7-11,16-29,50H2,(H,57,70)(H,58,67)(H,59,69)(H,60,71)(H,61,68)(H,74,75)(H4,51,52,55)(H4,53,54,56)/t32-,33+,34-,35+,36-,37-,38-/m0/s1. The Morgan fingerprint density at radius 3 is 1.66 bits per heavy atom. The molecule has 0 saturated carbocycles. The molecule has 9 amide bonds. The smallest absolute Gasteiger partial charge is 0.339 e. The fourth-order valence-corrected chi connectivity index (χ4v) is 9.25. The molecule has 0 unspecified atom stereocenters. The number of nitrogens with one attached hydrogen (secondary N) is 9. The average molecular weight is 1060 g/mol. The van der Waals surface area contributed by atoms with Crippen molar-refractivity contribution in [2.24, 2.45) is 17.2 Å². The van der Waals surface area contributed by atoms with Crippen LogP contribution in [0.1, 0.15) is 68.9 Å². The van der Waals surface area contributed by atoms with Gasteiger partial charge >= 0.3 is 12.0 Å². The Bertz CT molecular complexity index is 2380. The molecule has 414 valence electrons. The lowest BCUT2D eigenvalue weighted by molar-refractivity contribution is -0.144. The predicted molar refractivity (Wildman–Crippen MR) is 275 cm³/mol. The van der Waals surface area contributed by atoms with Crippen LogP contribution in [0, 0.1) is 10.8 Å². The second-order valence-electron chi connectivity index (χ2n) is 18.8. The van der Waals surface area contributed by atoms with Crippen LogP contribution in [-0.4, -0.2) is 190 Å². The Morgan fingerprint density at radius 1 is 0.592 bits per heavy atom. The number of hydrazine groups is 1. The number of carbonyl (C=O) groups excluding carboxylic acids is 8. The van der Waals surface area contributed by atoms with Crippen LogP contribution in [0.2, 0.25) is 0 Å². The Morgan fingerprint density at radius 2 is 1.11 bits per heavy atom. The van der Waals surface area contributed by atoms with Crippen LogP contribution in [0.4, 0.5) is 4.79 Å². The lowest BCUT2D eigenvalue weighted by Gasteiger charge is -2.34. The van der Waals surface area contributed by atoms with Gasteiger partial charge in [-0.15, -0.1) is 0 Å². The van der Waals surface area contributed by atoms with Gasteiger partial charge in [0.25, 0.3) is 5.91 Å². The van der Waals surface area contributed by atoms with Gasteiger partial charge in [0.2, 0.25) is 35.4 Å². The van der Waals surface area contributed by atoms with E-state index in [0.717, 1.165) is 0 Å². The van der Waals surface area contributed by atoms with E-state index in [4.69, 9.17) is 28.0 Å². The number of amides is 9. The second-order valence-corrected chi connectivity index (χ2v) is 18.8. The van der Waals surface area contributed by atoms with Crippen molar-refractivity contribution in [3.05, 3.63) is 71.8 Å². The number of aliphatic hydroxyl groups excluding tert-OH is 1. The van der Waals surface area contributed by atoms with E-state index in [1.54, 1.807) is 60.7 Å². The molecule has 76 heavy (non-hydrogen) atoms. The Balaban J connectivity index is 1.20. The van der Waals surface area contributed by atoms with E-state index >= 15 is 0 Å². The van der Waals surface area contributed by atoms with Crippen LogP contribution < -0.4 is 54.4 Å². The molecule has 0 bridgehead atoms. The number of benzene rings is 2. The number of urea groups is 1. The third kappa shape index (κ3) is 17.3. The zero-order chi connectivity index (χ0) is 55.3. The number of carbonyl (C=O) groups is 9. The minimum Gasteiger partial charge on any atom is -0.480 e. The van der Waals surface area contributed by atoms with E-state index in [9.17, 15) is 53.4 Å². The number of carboxylic acids is 1. The Labute approximate surface area is 439 Å².